The quantitative estimate of drug-likeness (QED) is 0.920. The number of hydrogen-bond donors (Lipinski definition) is 1. The minimum absolute atomic E-state index is 0.0759. The topological polar surface area (TPSA) is 72.0 Å². The average molecular weight is 355 g/mol. The van der Waals surface area contributed by atoms with Crippen molar-refractivity contribution in [3.63, 3.8) is 0 Å². The van der Waals surface area contributed by atoms with E-state index >= 15 is 0 Å². The zero-order chi connectivity index (χ0) is 12.5. The van der Waals surface area contributed by atoms with Crippen molar-refractivity contribution >= 4 is 54.0 Å². The number of pyridine rings is 1. The van der Waals surface area contributed by atoms with Crippen molar-refractivity contribution in [3.8, 4) is 0 Å². The molecule has 0 fully saturated rings. The molecular weight excluding hydrogens is 350 g/mol. The zero-order valence-corrected chi connectivity index (χ0v) is 12.1. The molecule has 2 rings (SSSR count). The van der Waals surface area contributed by atoms with Gasteiger partial charge in [0.1, 0.15) is 4.90 Å². The standard InChI is InChI=1S/C8H5BrClN3O2S2/c9-7-4-12-8(16-7)13-17(14,15)6-3-11-2-1-5(6)10/h1-4H,(H,12,13). The molecular formula is C8H5BrClN3O2S2. The third kappa shape index (κ3) is 2.95. The van der Waals surface area contributed by atoms with E-state index in [0.29, 0.717) is 0 Å². The van der Waals surface area contributed by atoms with Crippen LogP contribution in [0.3, 0.4) is 0 Å². The SMILES string of the molecule is O=S(=O)(Nc1ncc(Br)s1)c1cnccc1Cl. The highest BCUT2D eigenvalue weighted by Crippen LogP contribution is 2.27. The van der Waals surface area contributed by atoms with Gasteiger partial charge in [0, 0.05) is 12.4 Å². The van der Waals surface area contributed by atoms with Gasteiger partial charge in [-0.25, -0.2) is 13.4 Å². The number of aromatic nitrogens is 2. The molecule has 0 amide bonds. The number of thiazole rings is 1. The molecule has 0 bridgehead atoms. The molecule has 0 unspecified atom stereocenters. The first-order chi connectivity index (χ1) is 7.99. The minimum Gasteiger partial charge on any atom is -0.263 e. The highest BCUT2D eigenvalue weighted by Gasteiger charge is 2.19. The van der Waals surface area contributed by atoms with E-state index in [4.69, 9.17) is 11.6 Å². The Hall–Kier alpha value is -0.700. The molecule has 1 N–H and O–H groups in total. The maximum absolute atomic E-state index is 11.9. The van der Waals surface area contributed by atoms with Gasteiger partial charge in [-0.05, 0) is 22.0 Å². The lowest BCUT2D eigenvalue weighted by Crippen LogP contribution is -2.13. The Morgan fingerprint density at radius 3 is 2.76 bits per heavy atom. The van der Waals surface area contributed by atoms with Crippen molar-refractivity contribution in [1.29, 1.82) is 0 Å². The molecule has 0 spiro atoms. The largest absolute Gasteiger partial charge is 0.266 e. The molecule has 0 aromatic carbocycles. The van der Waals surface area contributed by atoms with Crippen LogP contribution in [0.2, 0.25) is 5.02 Å². The van der Waals surface area contributed by atoms with E-state index in [1.54, 1.807) is 0 Å². The van der Waals surface area contributed by atoms with Crippen molar-refractivity contribution in [2.45, 2.75) is 4.90 Å². The van der Waals surface area contributed by atoms with E-state index in [2.05, 4.69) is 30.6 Å². The van der Waals surface area contributed by atoms with Gasteiger partial charge in [0.15, 0.2) is 5.13 Å². The molecule has 2 heterocycles. The first-order valence-electron chi connectivity index (χ1n) is 4.23. The van der Waals surface area contributed by atoms with Gasteiger partial charge in [-0.1, -0.05) is 22.9 Å². The van der Waals surface area contributed by atoms with Crippen LogP contribution < -0.4 is 4.72 Å². The van der Waals surface area contributed by atoms with Gasteiger partial charge < -0.3 is 0 Å². The van der Waals surface area contributed by atoms with Crippen molar-refractivity contribution in [2.24, 2.45) is 0 Å². The summed E-state index contributed by atoms with van der Waals surface area (Å²) >= 11 is 10.2. The second-order valence-corrected chi connectivity index (χ2v) is 7.35. The molecule has 0 saturated carbocycles. The van der Waals surface area contributed by atoms with Gasteiger partial charge in [0.2, 0.25) is 0 Å². The molecule has 0 atom stereocenters. The van der Waals surface area contributed by atoms with Crippen LogP contribution in [0, 0.1) is 0 Å². The van der Waals surface area contributed by atoms with E-state index in [0.717, 1.165) is 3.79 Å². The number of nitrogens with one attached hydrogen (secondary N) is 1. The number of sulfonamides is 1. The summed E-state index contributed by atoms with van der Waals surface area (Å²) < 4.78 is 26.9. The van der Waals surface area contributed by atoms with Crippen LogP contribution in [0.4, 0.5) is 5.13 Å². The van der Waals surface area contributed by atoms with Gasteiger partial charge in [-0.3, -0.25) is 9.71 Å². The summed E-state index contributed by atoms with van der Waals surface area (Å²) in [7, 11) is -3.75. The molecule has 5 nitrogen and oxygen atoms in total. The van der Waals surface area contributed by atoms with Gasteiger partial charge in [-0.2, -0.15) is 0 Å². The number of hydrogen-bond acceptors (Lipinski definition) is 5. The predicted octanol–water partition coefficient (Wildman–Crippen LogP) is 2.75. The lowest BCUT2D eigenvalue weighted by Gasteiger charge is -2.05. The maximum atomic E-state index is 11.9. The maximum Gasteiger partial charge on any atom is 0.266 e. The zero-order valence-electron chi connectivity index (χ0n) is 8.09. The smallest absolute Gasteiger partial charge is 0.263 e. The number of nitrogens with zero attached hydrogens (tertiary/aromatic N) is 2. The molecule has 17 heavy (non-hydrogen) atoms. The average Bonchev–Trinajstić information content (AvgIpc) is 2.63. The molecule has 0 aliphatic carbocycles. The van der Waals surface area contributed by atoms with Crippen molar-refractivity contribution in [2.75, 3.05) is 4.72 Å². The third-order valence-corrected chi connectivity index (χ3v) is 5.05. The fourth-order valence-electron chi connectivity index (χ4n) is 1.03. The highest BCUT2D eigenvalue weighted by atomic mass is 79.9. The van der Waals surface area contributed by atoms with Gasteiger partial charge in [-0.15, -0.1) is 0 Å². The van der Waals surface area contributed by atoms with Crippen LogP contribution in [-0.2, 0) is 10.0 Å². The number of halogens is 2. The Labute approximate surface area is 115 Å². The Morgan fingerprint density at radius 1 is 1.41 bits per heavy atom. The minimum atomic E-state index is -3.75. The lowest BCUT2D eigenvalue weighted by molar-refractivity contribution is 0.601. The first-order valence-corrected chi connectivity index (χ1v) is 7.70. The van der Waals surface area contributed by atoms with Crippen LogP contribution in [0.15, 0.2) is 33.3 Å². The molecule has 0 aliphatic heterocycles. The number of rotatable bonds is 3. The van der Waals surface area contributed by atoms with E-state index in [-0.39, 0.29) is 15.0 Å². The van der Waals surface area contributed by atoms with E-state index in [1.165, 1.54) is 36.0 Å². The van der Waals surface area contributed by atoms with E-state index in [1.807, 2.05) is 0 Å². The summed E-state index contributed by atoms with van der Waals surface area (Å²) in [5.74, 6) is 0. The second-order valence-electron chi connectivity index (χ2n) is 2.88. The summed E-state index contributed by atoms with van der Waals surface area (Å²) in [6.07, 6.45) is 4.11. The number of anilines is 1. The summed E-state index contributed by atoms with van der Waals surface area (Å²) in [6, 6.07) is 1.41. The van der Waals surface area contributed by atoms with Crippen LogP contribution in [0.1, 0.15) is 0 Å². The lowest BCUT2D eigenvalue weighted by atomic mass is 10.5. The van der Waals surface area contributed by atoms with Gasteiger partial charge in [0.05, 0.1) is 15.0 Å². The summed E-state index contributed by atoms with van der Waals surface area (Å²) in [6.45, 7) is 0. The summed E-state index contributed by atoms with van der Waals surface area (Å²) in [5.41, 5.74) is 0. The predicted molar refractivity (Wildman–Crippen MR) is 69.9 cm³/mol. The van der Waals surface area contributed by atoms with Gasteiger partial charge in [0.25, 0.3) is 10.0 Å². The van der Waals surface area contributed by atoms with Crippen molar-refractivity contribution in [3.05, 3.63) is 33.5 Å². The van der Waals surface area contributed by atoms with Crippen LogP contribution in [0.25, 0.3) is 0 Å². The third-order valence-electron chi connectivity index (χ3n) is 1.72. The normalized spacial score (nSPS) is 11.4. The van der Waals surface area contributed by atoms with E-state index < -0.39 is 10.0 Å². The van der Waals surface area contributed by atoms with E-state index in [9.17, 15) is 8.42 Å². The summed E-state index contributed by atoms with van der Waals surface area (Å²) in [4.78, 5) is 7.53. The molecule has 90 valence electrons. The molecule has 9 heteroatoms. The van der Waals surface area contributed by atoms with Gasteiger partial charge >= 0.3 is 0 Å². The van der Waals surface area contributed by atoms with Crippen LogP contribution in [-0.4, -0.2) is 18.4 Å². The fourth-order valence-corrected chi connectivity index (χ4v) is 3.81. The Morgan fingerprint density at radius 2 is 2.18 bits per heavy atom. The Bertz CT molecular complexity index is 644. The van der Waals surface area contributed by atoms with Crippen molar-refractivity contribution < 1.29 is 8.42 Å². The fraction of sp³-hybridized carbons (Fsp3) is 0. The molecule has 0 radical (unpaired) electrons. The van der Waals surface area contributed by atoms with Crippen LogP contribution in [0.5, 0.6) is 0 Å². The Balaban J connectivity index is 2.35. The summed E-state index contributed by atoms with van der Waals surface area (Å²) in [5, 5.41) is 0.375. The first kappa shape index (κ1) is 12.7. The molecule has 2 aromatic heterocycles. The molecule has 0 saturated heterocycles. The monoisotopic (exact) mass is 353 g/mol. The van der Waals surface area contributed by atoms with Crippen molar-refractivity contribution in [1.82, 2.24) is 9.97 Å². The second kappa shape index (κ2) is 4.89. The molecule has 2 aromatic rings. The van der Waals surface area contributed by atoms with Crippen LogP contribution >= 0.6 is 38.9 Å². The highest BCUT2D eigenvalue weighted by molar-refractivity contribution is 9.11. The molecule has 0 aliphatic rings. The Kier molecular flexibility index (Phi) is 3.67.